The topological polar surface area (TPSA) is 26.5 Å². The average Bonchev–Trinajstić information content (AvgIpc) is 3.12. The van der Waals surface area contributed by atoms with E-state index in [1.54, 1.807) is 30.3 Å². The molecule has 0 aliphatic carbocycles. The van der Waals surface area contributed by atoms with E-state index in [1.807, 2.05) is 54.8 Å². The van der Waals surface area contributed by atoms with Gasteiger partial charge in [-0.3, -0.25) is 0 Å². The van der Waals surface area contributed by atoms with Gasteiger partial charge in [-0.1, -0.05) is 47.6 Å². The smallest absolute Gasteiger partial charge is 0.147 e. The van der Waals surface area contributed by atoms with Gasteiger partial charge < -0.3 is 9.40 Å². The van der Waals surface area contributed by atoms with Gasteiger partial charge in [0.2, 0.25) is 0 Å². The highest BCUT2D eigenvalue weighted by atomic mass is 19.1. The number of hydrogen-bond acceptors (Lipinski definition) is 2. The zero-order valence-corrected chi connectivity index (χ0v) is 17.3. The molecule has 0 atom stereocenters. The maximum absolute atomic E-state index is 14.7. The molecule has 0 aliphatic rings. The second-order valence-corrected chi connectivity index (χ2v) is 7.26. The van der Waals surface area contributed by atoms with Crippen LogP contribution >= 0.6 is 0 Å². The van der Waals surface area contributed by atoms with Gasteiger partial charge in [-0.15, -0.1) is 0 Å². The standard InChI is InChI=1S/C26H22F2N2O/c1-18(29-31-17-20-8-4-3-5-9-20)23-16-26(21-12-14-22(27)15-13-21)30(19(23)2)25-11-7-6-10-24(25)28/h3-16H,17H2,1-2H3/b29-18+. The molecule has 0 radical (unpaired) electrons. The zero-order valence-electron chi connectivity index (χ0n) is 17.3. The molecule has 1 heterocycles. The van der Waals surface area contributed by atoms with Crippen molar-refractivity contribution in [3.63, 3.8) is 0 Å². The van der Waals surface area contributed by atoms with E-state index in [1.165, 1.54) is 18.2 Å². The van der Waals surface area contributed by atoms with Gasteiger partial charge in [0.15, 0.2) is 0 Å². The van der Waals surface area contributed by atoms with Crippen molar-refractivity contribution in [1.82, 2.24) is 4.57 Å². The lowest BCUT2D eigenvalue weighted by atomic mass is 10.1. The van der Waals surface area contributed by atoms with E-state index in [-0.39, 0.29) is 11.6 Å². The van der Waals surface area contributed by atoms with Gasteiger partial charge >= 0.3 is 0 Å². The SMILES string of the molecule is C/C(=N\OCc1ccccc1)c1cc(-c2ccc(F)cc2)n(-c2ccccc2F)c1C. The summed E-state index contributed by atoms with van der Waals surface area (Å²) >= 11 is 0. The number of rotatable bonds is 6. The Bertz CT molecular complexity index is 1210. The maximum Gasteiger partial charge on any atom is 0.147 e. The molecule has 1 aromatic heterocycles. The third-order valence-corrected chi connectivity index (χ3v) is 5.15. The Labute approximate surface area is 180 Å². The number of halogens is 2. The third kappa shape index (κ3) is 4.40. The van der Waals surface area contributed by atoms with Crippen molar-refractivity contribution in [3.8, 4) is 16.9 Å². The summed E-state index contributed by atoms with van der Waals surface area (Å²) in [5, 5.41) is 4.28. The summed E-state index contributed by atoms with van der Waals surface area (Å²) in [7, 11) is 0. The Hall–Kier alpha value is -3.73. The first-order chi connectivity index (χ1) is 15.0. The van der Waals surface area contributed by atoms with E-state index in [9.17, 15) is 8.78 Å². The Morgan fingerprint density at radius 3 is 2.29 bits per heavy atom. The summed E-state index contributed by atoms with van der Waals surface area (Å²) in [4.78, 5) is 5.55. The van der Waals surface area contributed by atoms with Crippen molar-refractivity contribution in [2.75, 3.05) is 0 Å². The predicted octanol–water partition coefficient (Wildman–Crippen LogP) is 6.67. The second kappa shape index (κ2) is 8.96. The van der Waals surface area contributed by atoms with E-state index in [0.717, 1.165) is 28.1 Å². The molecule has 0 saturated heterocycles. The number of para-hydroxylation sites is 1. The monoisotopic (exact) mass is 416 g/mol. The molecular formula is C26H22F2N2O. The van der Waals surface area contributed by atoms with Crippen LogP contribution in [0.2, 0.25) is 0 Å². The van der Waals surface area contributed by atoms with Gasteiger partial charge in [-0.05, 0) is 67.4 Å². The van der Waals surface area contributed by atoms with Crippen molar-refractivity contribution in [1.29, 1.82) is 0 Å². The molecule has 0 amide bonds. The van der Waals surface area contributed by atoms with E-state index in [0.29, 0.717) is 18.0 Å². The van der Waals surface area contributed by atoms with E-state index in [4.69, 9.17) is 4.84 Å². The minimum atomic E-state index is -0.342. The Morgan fingerprint density at radius 1 is 0.903 bits per heavy atom. The summed E-state index contributed by atoms with van der Waals surface area (Å²) < 4.78 is 30.0. The molecule has 0 bridgehead atoms. The Balaban J connectivity index is 1.75. The van der Waals surface area contributed by atoms with Gasteiger partial charge in [0.25, 0.3) is 0 Å². The van der Waals surface area contributed by atoms with Crippen molar-refractivity contribution < 1.29 is 13.6 Å². The Morgan fingerprint density at radius 2 is 1.58 bits per heavy atom. The fraction of sp³-hybridized carbons (Fsp3) is 0.115. The lowest BCUT2D eigenvalue weighted by Gasteiger charge is -2.13. The van der Waals surface area contributed by atoms with Gasteiger partial charge in [-0.25, -0.2) is 8.78 Å². The zero-order chi connectivity index (χ0) is 21.8. The minimum Gasteiger partial charge on any atom is -0.391 e. The van der Waals surface area contributed by atoms with Crippen LogP contribution in [-0.2, 0) is 11.4 Å². The summed E-state index contributed by atoms with van der Waals surface area (Å²) in [6.45, 7) is 4.12. The molecule has 0 fully saturated rings. The summed E-state index contributed by atoms with van der Waals surface area (Å²) in [5.74, 6) is -0.664. The molecule has 3 nitrogen and oxygen atoms in total. The van der Waals surface area contributed by atoms with Crippen LogP contribution in [0.5, 0.6) is 0 Å². The van der Waals surface area contributed by atoms with Crippen molar-refractivity contribution in [3.05, 3.63) is 113 Å². The molecule has 31 heavy (non-hydrogen) atoms. The van der Waals surface area contributed by atoms with Crippen molar-refractivity contribution in [2.45, 2.75) is 20.5 Å². The first-order valence-electron chi connectivity index (χ1n) is 9.98. The minimum absolute atomic E-state index is 0.322. The molecule has 0 unspecified atom stereocenters. The van der Waals surface area contributed by atoms with Gasteiger partial charge in [0.1, 0.15) is 18.2 Å². The highest BCUT2D eigenvalue weighted by molar-refractivity contribution is 6.01. The average molecular weight is 416 g/mol. The van der Waals surface area contributed by atoms with Crippen molar-refractivity contribution >= 4 is 5.71 Å². The van der Waals surface area contributed by atoms with Crippen molar-refractivity contribution in [2.24, 2.45) is 5.16 Å². The van der Waals surface area contributed by atoms with E-state index >= 15 is 0 Å². The number of aromatic nitrogens is 1. The van der Waals surface area contributed by atoms with E-state index in [2.05, 4.69) is 5.16 Å². The second-order valence-electron chi connectivity index (χ2n) is 7.26. The van der Waals surface area contributed by atoms with Crippen LogP contribution < -0.4 is 0 Å². The number of oxime groups is 1. The molecule has 0 N–H and O–H groups in total. The first-order valence-corrected chi connectivity index (χ1v) is 9.98. The molecule has 156 valence electrons. The van der Waals surface area contributed by atoms with Gasteiger partial charge in [0.05, 0.1) is 17.1 Å². The molecule has 4 aromatic rings. The quantitative estimate of drug-likeness (QED) is 0.255. The fourth-order valence-corrected chi connectivity index (χ4v) is 3.58. The molecular weight excluding hydrogens is 394 g/mol. The summed E-state index contributed by atoms with van der Waals surface area (Å²) in [6, 6.07) is 24.5. The van der Waals surface area contributed by atoms with Gasteiger partial charge in [-0.2, -0.15) is 0 Å². The van der Waals surface area contributed by atoms with Gasteiger partial charge in [0, 0.05) is 11.3 Å². The fourth-order valence-electron chi connectivity index (χ4n) is 3.58. The third-order valence-electron chi connectivity index (χ3n) is 5.15. The molecule has 0 saturated carbocycles. The first kappa shape index (κ1) is 20.5. The highest BCUT2D eigenvalue weighted by Gasteiger charge is 2.19. The maximum atomic E-state index is 14.7. The summed E-state index contributed by atoms with van der Waals surface area (Å²) in [5.41, 5.74) is 5.28. The molecule has 0 aliphatic heterocycles. The predicted molar refractivity (Wildman–Crippen MR) is 119 cm³/mol. The van der Waals surface area contributed by atoms with Crippen LogP contribution in [-0.4, -0.2) is 10.3 Å². The van der Waals surface area contributed by atoms with E-state index < -0.39 is 0 Å². The normalized spacial score (nSPS) is 11.5. The number of nitrogens with zero attached hydrogens (tertiary/aromatic N) is 2. The molecule has 0 spiro atoms. The number of benzene rings is 3. The van der Waals surface area contributed by atoms with Crippen LogP contribution in [0.25, 0.3) is 16.9 Å². The van der Waals surface area contributed by atoms with Crippen LogP contribution in [0.4, 0.5) is 8.78 Å². The largest absolute Gasteiger partial charge is 0.391 e. The van der Waals surface area contributed by atoms with Crippen LogP contribution in [0.1, 0.15) is 23.7 Å². The number of hydrogen-bond donors (Lipinski definition) is 0. The van der Waals surface area contributed by atoms with Crippen LogP contribution in [0.3, 0.4) is 0 Å². The molecule has 4 rings (SSSR count). The van der Waals surface area contributed by atoms with Crippen LogP contribution in [0.15, 0.2) is 90.1 Å². The highest BCUT2D eigenvalue weighted by Crippen LogP contribution is 2.31. The lowest BCUT2D eigenvalue weighted by molar-refractivity contribution is 0.130. The Kier molecular flexibility index (Phi) is 5.94. The van der Waals surface area contributed by atoms with Crippen LogP contribution in [0, 0.1) is 18.6 Å². The molecule has 5 heteroatoms. The summed E-state index contributed by atoms with van der Waals surface area (Å²) in [6.07, 6.45) is 0. The lowest BCUT2D eigenvalue weighted by Crippen LogP contribution is -2.04. The molecule has 3 aromatic carbocycles.